The average molecular weight is 751 g/mol. The molecule has 12 heteroatoms. The fourth-order valence-corrected chi connectivity index (χ4v) is 5.92. The summed E-state index contributed by atoms with van der Waals surface area (Å²) >= 11 is 14.6. The monoisotopic (exact) mass is 750 g/mol. The maximum absolute atomic E-state index is 14.3. The third kappa shape index (κ3) is 7.00. The minimum Gasteiger partial charge on any atom is -0.493 e. The highest BCUT2D eigenvalue weighted by Gasteiger charge is 2.41. The fourth-order valence-electron chi connectivity index (χ4n) is 5.08. The van der Waals surface area contributed by atoms with E-state index in [2.05, 4.69) is 27.9 Å². The van der Waals surface area contributed by atoms with Gasteiger partial charge in [0.1, 0.15) is 18.0 Å². The van der Waals surface area contributed by atoms with Gasteiger partial charge in [-0.25, -0.2) is 0 Å². The molecule has 0 aliphatic heterocycles. The first-order valence-corrected chi connectivity index (χ1v) is 15.5. The van der Waals surface area contributed by atoms with E-state index in [0.717, 1.165) is 3.57 Å². The molecule has 3 unspecified atom stereocenters. The average Bonchev–Trinajstić information content (AvgIpc) is 3.47. The summed E-state index contributed by atoms with van der Waals surface area (Å²) < 4.78 is 18.5. The molecule has 5 rings (SSSR count). The van der Waals surface area contributed by atoms with Crippen LogP contribution in [0, 0.1) is 3.57 Å². The molecule has 0 saturated heterocycles. The third-order valence-corrected chi connectivity index (χ3v) is 8.88. The van der Waals surface area contributed by atoms with Crippen LogP contribution < -0.4 is 14.8 Å². The van der Waals surface area contributed by atoms with Gasteiger partial charge < -0.3 is 34.3 Å². The van der Waals surface area contributed by atoms with Gasteiger partial charge in [0.25, 0.3) is 5.91 Å². The summed E-state index contributed by atoms with van der Waals surface area (Å²) in [5, 5.41) is 25.1. The first-order chi connectivity index (χ1) is 21.2. The Balaban J connectivity index is 1.57. The number of aliphatic hydroxyl groups is 2. The lowest BCUT2D eigenvalue weighted by Crippen LogP contribution is -2.54. The number of nitrogens with zero attached hydrogens (tertiary/aromatic N) is 1. The molecule has 3 N–H and O–H groups in total. The van der Waals surface area contributed by atoms with Crippen molar-refractivity contribution in [3.63, 3.8) is 0 Å². The number of methoxy groups -OCH3 is 1. The van der Waals surface area contributed by atoms with E-state index < -0.39 is 30.1 Å². The number of rotatable bonds is 10. The second-order valence-electron chi connectivity index (χ2n) is 10.1. The first-order valence-electron chi connectivity index (χ1n) is 13.7. The van der Waals surface area contributed by atoms with Gasteiger partial charge in [-0.05, 0) is 70.6 Å². The summed E-state index contributed by atoms with van der Waals surface area (Å²) in [6, 6.07) is 18.3. The van der Waals surface area contributed by atoms with E-state index in [-0.39, 0.29) is 31.9 Å². The van der Waals surface area contributed by atoms with Crippen molar-refractivity contribution in [1.29, 1.82) is 0 Å². The molecule has 1 heterocycles. The number of ether oxygens (including phenoxy) is 2. The summed E-state index contributed by atoms with van der Waals surface area (Å²) in [5.41, 5.74) is 1.34. The topological polar surface area (TPSA) is 121 Å². The molecular formula is C32H29Cl2IN2O7. The van der Waals surface area contributed by atoms with Crippen molar-refractivity contribution in [2.45, 2.75) is 31.2 Å². The van der Waals surface area contributed by atoms with Gasteiger partial charge in [0.2, 0.25) is 5.91 Å². The van der Waals surface area contributed by atoms with E-state index in [1.165, 1.54) is 12.0 Å². The van der Waals surface area contributed by atoms with E-state index in [4.69, 9.17) is 37.1 Å². The van der Waals surface area contributed by atoms with Crippen molar-refractivity contribution in [1.82, 2.24) is 10.2 Å². The number of aliphatic hydroxyl groups excluding tert-OH is 2. The second-order valence-corrected chi connectivity index (χ2v) is 12.1. The molecule has 0 radical (unpaired) electrons. The molecular weight excluding hydrogens is 722 g/mol. The maximum atomic E-state index is 14.3. The molecule has 3 atom stereocenters. The van der Waals surface area contributed by atoms with Crippen LogP contribution in [0.25, 0.3) is 11.0 Å². The van der Waals surface area contributed by atoms with Crippen LogP contribution in [0.3, 0.4) is 0 Å². The number of halogens is 3. The van der Waals surface area contributed by atoms with E-state index in [1.54, 1.807) is 60.7 Å². The summed E-state index contributed by atoms with van der Waals surface area (Å²) in [7, 11) is 1.51. The maximum Gasteiger partial charge on any atom is 0.290 e. The Hall–Kier alpha value is -3.29. The summed E-state index contributed by atoms with van der Waals surface area (Å²) in [5.74, 6) is 0.0294. The van der Waals surface area contributed by atoms with Crippen molar-refractivity contribution in [3.8, 4) is 11.5 Å². The van der Waals surface area contributed by atoms with Gasteiger partial charge in [0.05, 0.1) is 33.4 Å². The summed E-state index contributed by atoms with van der Waals surface area (Å²) in [6.07, 6.45) is -0.670. The number of amides is 2. The van der Waals surface area contributed by atoms with Crippen molar-refractivity contribution < 1.29 is 33.7 Å². The highest BCUT2D eigenvalue weighted by molar-refractivity contribution is 14.1. The number of para-hydroxylation sites is 2. The minimum atomic E-state index is -1.24. The zero-order chi connectivity index (χ0) is 31.4. The Morgan fingerprint density at radius 3 is 2.57 bits per heavy atom. The quantitative estimate of drug-likeness (QED) is 0.180. The number of carbonyl (C=O) groups excluding carboxylic acids is 2. The molecule has 0 spiro atoms. The minimum absolute atomic E-state index is 0.000776. The van der Waals surface area contributed by atoms with Gasteiger partial charge in [-0.3, -0.25) is 9.59 Å². The highest BCUT2D eigenvalue weighted by atomic mass is 127. The number of hydrogen-bond donors (Lipinski definition) is 3. The standard InChI is InChI=1S/C32H29Cl2IN2O7/c1-42-26-8-4-5-19-15-28(44-30(19)26)32(41)37(17-18-9-10-21(33)22(34)13-18)24-14-20(31(40)36-11-12-38)16-27(29(24)39)43-25-7-3-2-6-23(25)35/h2-10,13,15-16,24,27,29,38-39H,11-12,14,17H2,1H3,(H,36,40). The Morgan fingerprint density at radius 1 is 1.07 bits per heavy atom. The van der Waals surface area contributed by atoms with Crippen molar-refractivity contribution in [2.75, 3.05) is 20.3 Å². The highest BCUT2D eigenvalue weighted by Crippen LogP contribution is 2.34. The van der Waals surface area contributed by atoms with Crippen LogP contribution in [-0.4, -0.2) is 65.4 Å². The smallest absolute Gasteiger partial charge is 0.290 e. The molecule has 0 saturated carbocycles. The Morgan fingerprint density at radius 2 is 1.84 bits per heavy atom. The van der Waals surface area contributed by atoms with Crippen LogP contribution >= 0.6 is 45.8 Å². The summed E-state index contributed by atoms with van der Waals surface area (Å²) in [6.45, 7) is -0.199. The number of carbonyl (C=O) groups is 2. The molecule has 2 amide bonds. The van der Waals surface area contributed by atoms with E-state index >= 15 is 0 Å². The zero-order valence-electron chi connectivity index (χ0n) is 23.5. The molecule has 1 aliphatic carbocycles. The summed E-state index contributed by atoms with van der Waals surface area (Å²) in [4.78, 5) is 28.9. The van der Waals surface area contributed by atoms with Gasteiger partial charge in [0, 0.05) is 30.5 Å². The van der Waals surface area contributed by atoms with E-state index in [1.807, 2.05) is 12.1 Å². The van der Waals surface area contributed by atoms with Crippen LogP contribution in [0.15, 0.2) is 82.8 Å². The third-order valence-electron chi connectivity index (χ3n) is 7.25. The molecule has 44 heavy (non-hydrogen) atoms. The van der Waals surface area contributed by atoms with Crippen LogP contribution in [0.1, 0.15) is 22.5 Å². The fraction of sp³-hybridized carbons (Fsp3) is 0.250. The lowest BCUT2D eigenvalue weighted by atomic mass is 9.87. The SMILES string of the molecule is COc1cccc2cc(C(=O)N(Cc3ccc(Cl)c(Cl)c3)C3CC(C(=O)NCCO)=CC(Oc4ccccc4I)C3O)oc12. The second kappa shape index (κ2) is 14.2. The van der Waals surface area contributed by atoms with Crippen LogP contribution in [-0.2, 0) is 11.3 Å². The largest absolute Gasteiger partial charge is 0.493 e. The number of fused-ring (bicyclic) bond motifs is 1. The number of benzene rings is 3. The molecule has 230 valence electrons. The van der Waals surface area contributed by atoms with E-state index in [9.17, 15) is 19.8 Å². The van der Waals surface area contributed by atoms with Crippen molar-refractivity contribution in [3.05, 3.63) is 103 Å². The number of hydrogen-bond acceptors (Lipinski definition) is 7. The number of nitrogens with one attached hydrogen (secondary N) is 1. The Labute approximate surface area is 277 Å². The van der Waals surface area contributed by atoms with Gasteiger partial charge in [-0.2, -0.15) is 0 Å². The van der Waals surface area contributed by atoms with E-state index in [0.29, 0.717) is 43.7 Å². The molecule has 3 aromatic carbocycles. The van der Waals surface area contributed by atoms with Gasteiger partial charge in [0.15, 0.2) is 17.1 Å². The molecule has 4 aromatic rings. The van der Waals surface area contributed by atoms with Crippen LogP contribution in [0.4, 0.5) is 0 Å². The molecule has 1 aliphatic rings. The normalized spacial score (nSPS) is 18.0. The van der Waals surface area contributed by atoms with Crippen molar-refractivity contribution >= 4 is 68.6 Å². The predicted octanol–water partition coefficient (Wildman–Crippen LogP) is 5.61. The zero-order valence-corrected chi connectivity index (χ0v) is 27.2. The molecule has 9 nitrogen and oxygen atoms in total. The first kappa shape index (κ1) is 32.1. The molecule has 1 aromatic heterocycles. The molecule has 0 fully saturated rings. The lowest BCUT2D eigenvalue weighted by Gasteiger charge is -2.40. The van der Waals surface area contributed by atoms with Gasteiger partial charge in [-0.1, -0.05) is 53.5 Å². The predicted molar refractivity (Wildman–Crippen MR) is 175 cm³/mol. The Bertz CT molecular complexity index is 1710. The van der Waals surface area contributed by atoms with Crippen molar-refractivity contribution in [2.24, 2.45) is 0 Å². The van der Waals surface area contributed by atoms with Gasteiger partial charge in [-0.15, -0.1) is 0 Å². The van der Waals surface area contributed by atoms with Gasteiger partial charge >= 0.3 is 0 Å². The Kier molecular flexibility index (Phi) is 10.4. The molecule has 0 bridgehead atoms. The van der Waals surface area contributed by atoms with Crippen LogP contribution in [0.5, 0.6) is 11.5 Å². The number of furan rings is 1. The van der Waals surface area contributed by atoms with Crippen LogP contribution in [0.2, 0.25) is 10.0 Å². The lowest BCUT2D eigenvalue weighted by molar-refractivity contribution is -0.118.